The Balaban J connectivity index is 1.34. The summed E-state index contributed by atoms with van der Waals surface area (Å²) in [6.45, 7) is 6.57. The second kappa shape index (κ2) is 11.4. The van der Waals surface area contributed by atoms with Gasteiger partial charge in [0.15, 0.2) is 0 Å². The zero-order valence-corrected chi connectivity index (χ0v) is 21.7. The van der Waals surface area contributed by atoms with Gasteiger partial charge in [-0.05, 0) is 55.3 Å². The number of fused-ring (bicyclic) bond motifs is 3. The first-order valence-corrected chi connectivity index (χ1v) is 13.3. The van der Waals surface area contributed by atoms with E-state index in [2.05, 4.69) is 20.0 Å². The number of ether oxygens (including phenoxy) is 2. The Morgan fingerprint density at radius 2 is 1.92 bits per heavy atom. The fraction of sp³-hybridized carbons (Fsp3) is 0.536. The van der Waals surface area contributed by atoms with Crippen LogP contribution in [0.5, 0.6) is 5.75 Å². The predicted octanol–water partition coefficient (Wildman–Crippen LogP) is 3.42. The molecule has 1 amide bonds. The molecule has 3 heterocycles. The van der Waals surface area contributed by atoms with Gasteiger partial charge >= 0.3 is 6.18 Å². The molecule has 5 rings (SSSR count). The number of methoxy groups -OCH3 is 1. The maximum Gasteiger partial charge on any atom is 0.416 e. The Hall–Kier alpha value is -2.98. The number of nitrogens with zero attached hydrogens (tertiary/aromatic N) is 3. The SMILES string of the molecule is COc1cccc(N2CCN3c4ccc(C(F)(F)F)cc4CC(C(=O)NCCCN4CCOCC4)C3C2)c1. The molecule has 1 N–H and O–H groups in total. The fourth-order valence-corrected chi connectivity index (χ4v) is 5.81. The first-order chi connectivity index (χ1) is 18.3. The van der Waals surface area contributed by atoms with Gasteiger partial charge in [0.2, 0.25) is 5.91 Å². The summed E-state index contributed by atoms with van der Waals surface area (Å²) in [5.41, 5.74) is 1.71. The van der Waals surface area contributed by atoms with Gasteiger partial charge in [0.1, 0.15) is 5.75 Å². The molecule has 2 unspecified atom stereocenters. The number of amides is 1. The highest BCUT2D eigenvalue weighted by atomic mass is 19.4. The first-order valence-electron chi connectivity index (χ1n) is 13.3. The molecule has 0 aromatic heterocycles. The molecule has 0 bridgehead atoms. The molecule has 38 heavy (non-hydrogen) atoms. The van der Waals surface area contributed by atoms with E-state index in [0.29, 0.717) is 31.7 Å². The molecule has 3 aliphatic heterocycles. The number of alkyl halides is 3. The molecular weight excluding hydrogens is 497 g/mol. The van der Waals surface area contributed by atoms with Gasteiger partial charge in [0, 0.05) is 56.7 Å². The van der Waals surface area contributed by atoms with Crippen LogP contribution < -0.4 is 19.9 Å². The normalized spacial score (nSPS) is 22.0. The van der Waals surface area contributed by atoms with Crippen LogP contribution in [0, 0.1) is 5.92 Å². The van der Waals surface area contributed by atoms with Crippen molar-refractivity contribution in [1.82, 2.24) is 10.2 Å². The lowest BCUT2D eigenvalue weighted by molar-refractivity contribution is -0.137. The van der Waals surface area contributed by atoms with Gasteiger partial charge in [-0.25, -0.2) is 0 Å². The Kier molecular flexibility index (Phi) is 7.99. The molecule has 2 saturated heterocycles. The molecule has 2 fully saturated rings. The van der Waals surface area contributed by atoms with E-state index < -0.39 is 17.7 Å². The summed E-state index contributed by atoms with van der Waals surface area (Å²) in [6, 6.07) is 11.6. The molecule has 2 atom stereocenters. The highest BCUT2D eigenvalue weighted by Crippen LogP contribution is 2.40. The lowest BCUT2D eigenvalue weighted by Gasteiger charge is -2.49. The van der Waals surface area contributed by atoms with Crippen molar-refractivity contribution in [1.29, 1.82) is 0 Å². The summed E-state index contributed by atoms with van der Waals surface area (Å²) in [6.07, 6.45) is -3.33. The van der Waals surface area contributed by atoms with Crippen LogP contribution in [0.3, 0.4) is 0 Å². The van der Waals surface area contributed by atoms with Gasteiger partial charge in [-0.1, -0.05) is 6.07 Å². The van der Waals surface area contributed by atoms with Crippen LogP contribution >= 0.6 is 0 Å². The monoisotopic (exact) mass is 532 g/mol. The van der Waals surface area contributed by atoms with Crippen molar-refractivity contribution in [3.63, 3.8) is 0 Å². The zero-order chi connectivity index (χ0) is 26.7. The molecule has 10 heteroatoms. The van der Waals surface area contributed by atoms with Crippen LogP contribution in [0.1, 0.15) is 17.5 Å². The van der Waals surface area contributed by atoms with Crippen molar-refractivity contribution in [3.05, 3.63) is 53.6 Å². The molecule has 206 valence electrons. The zero-order valence-electron chi connectivity index (χ0n) is 21.7. The van der Waals surface area contributed by atoms with Gasteiger partial charge in [-0.3, -0.25) is 9.69 Å². The van der Waals surface area contributed by atoms with Crippen LogP contribution in [-0.4, -0.2) is 83.0 Å². The first kappa shape index (κ1) is 26.6. The standard InChI is InChI=1S/C28H35F3N4O3/c1-37-23-5-2-4-22(18-23)34-10-11-35-25-7-6-21(28(29,30)31)16-20(25)17-24(26(35)19-34)27(36)32-8-3-9-33-12-14-38-15-13-33/h2,4-7,16,18,24,26H,3,8-15,17,19H2,1H3,(H,32,36). The second-order valence-corrected chi connectivity index (χ2v) is 10.2. The molecule has 3 aliphatic rings. The lowest BCUT2D eigenvalue weighted by atomic mass is 9.82. The van der Waals surface area contributed by atoms with E-state index in [9.17, 15) is 18.0 Å². The highest BCUT2D eigenvalue weighted by Gasteiger charge is 2.42. The molecular formula is C28H35F3N4O3. The van der Waals surface area contributed by atoms with Crippen molar-refractivity contribution >= 4 is 17.3 Å². The van der Waals surface area contributed by atoms with Crippen LogP contribution in [0.4, 0.5) is 24.5 Å². The number of anilines is 2. The van der Waals surface area contributed by atoms with Gasteiger partial charge in [0.05, 0.1) is 37.8 Å². The minimum Gasteiger partial charge on any atom is -0.497 e. The Morgan fingerprint density at radius 3 is 2.68 bits per heavy atom. The summed E-state index contributed by atoms with van der Waals surface area (Å²) in [7, 11) is 1.63. The van der Waals surface area contributed by atoms with Gasteiger partial charge < -0.3 is 24.6 Å². The van der Waals surface area contributed by atoms with Crippen molar-refractivity contribution in [2.45, 2.75) is 25.1 Å². The topological polar surface area (TPSA) is 57.3 Å². The number of carbonyl (C=O) groups excluding carboxylic acids is 1. The highest BCUT2D eigenvalue weighted by molar-refractivity contribution is 5.82. The number of halogens is 3. The van der Waals surface area contributed by atoms with Crippen LogP contribution in [-0.2, 0) is 22.1 Å². The van der Waals surface area contributed by atoms with E-state index in [-0.39, 0.29) is 18.4 Å². The third-order valence-electron chi connectivity index (χ3n) is 7.85. The van der Waals surface area contributed by atoms with Gasteiger partial charge in [-0.15, -0.1) is 0 Å². The average Bonchev–Trinajstić information content (AvgIpc) is 2.94. The summed E-state index contributed by atoms with van der Waals surface area (Å²) in [5, 5.41) is 3.09. The van der Waals surface area contributed by atoms with E-state index >= 15 is 0 Å². The number of morpholine rings is 1. The third-order valence-corrected chi connectivity index (χ3v) is 7.85. The largest absolute Gasteiger partial charge is 0.497 e. The molecule has 0 radical (unpaired) electrons. The molecule has 2 aromatic rings. The van der Waals surface area contributed by atoms with Crippen molar-refractivity contribution in [2.24, 2.45) is 5.92 Å². The number of nitrogens with one attached hydrogen (secondary N) is 1. The van der Waals surface area contributed by atoms with E-state index in [0.717, 1.165) is 62.5 Å². The minimum absolute atomic E-state index is 0.0995. The lowest BCUT2D eigenvalue weighted by Crippen LogP contribution is -2.61. The van der Waals surface area contributed by atoms with E-state index in [4.69, 9.17) is 9.47 Å². The number of piperazine rings is 1. The van der Waals surface area contributed by atoms with Crippen LogP contribution in [0.2, 0.25) is 0 Å². The molecule has 0 spiro atoms. The smallest absolute Gasteiger partial charge is 0.416 e. The molecule has 0 saturated carbocycles. The minimum atomic E-state index is -4.42. The Bertz CT molecular complexity index is 1120. The van der Waals surface area contributed by atoms with Crippen LogP contribution in [0.25, 0.3) is 0 Å². The quantitative estimate of drug-likeness (QED) is 0.552. The molecule has 7 nitrogen and oxygen atoms in total. The van der Waals surface area contributed by atoms with E-state index in [1.165, 1.54) is 6.07 Å². The maximum absolute atomic E-state index is 13.5. The predicted molar refractivity (Wildman–Crippen MR) is 140 cm³/mol. The summed E-state index contributed by atoms with van der Waals surface area (Å²) < 4.78 is 51.2. The number of rotatable bonds is 7. The maximum atomic E-state index is 13.5. The summed E-state index contributed by atoms with van der Waals surface area (Å²) in [5.74, 6) is 0.202. The average molecular weight is 533 g/mol. The summed E-state index contributed by atoms with van der Waals surface area (Å²) >= 11 is 0. The van der Waals surface area contributed by atoms with Gasteiger partial charge in [-0.2, -0.15) is 13.2 Å². The number of hydrogen-bond donors (Lipinski definition) is 1. The van der Waals surface area contributed by atoms with E-state index in [1.807, 2.05) is 24.3 Å². The molecule has 2 aromatic carbocycles. The van der Waals surface area contributed by atoms with Gasteiger partial charge in [0.25, 0.3) is 0 Å². The number of carbonyl (C=O) groups is 1. The number of hydrogen-bond acceptors (Lipinski definition) is 6. The second-order valence-electron chi connectivity index (χ2n) is 10.2. The summed E-state index contributed by atoms with van der Waals surface area (Å²) in [4.78, 5) is 20.2. The third kappa shape index (κ3) is 5.86. The Labute approximate surface area is 221 Å². The van der Waals surface area contributed by atoms with Crippen molar-refractivity contribution in [3.8, 4) is 5.75 Å². The van der Waals surface area contributed by atoms with Crippen molar-refractivity contribution < 1.29 is 27.4 Å². The fourth-order valence-electron chi connectivity index (χ4n) is 5.81. The number of benzene rings is 2. The van der Waals surface area contributed by atoms with E-state index in [1.54, 1.807) is 13.2 Å². The van der Waals surface area contributed by atoms with Crippen LogP contribution in [0.15, 0.2) is 42.5 Å². The Morgan fingerprint density at radius 1 is 1.11 bits per heavy atom. The molecule has 0 aliphatic carbocycles. The van der Waals surface area contributed by atoms with Crippen molar-refractivity contribution in [2.75, 3.05) is 75.9 Å².